The third-order valence-electron chi connectivity index (χ3n) is 4.96. The van der Waals surface area contributed by atoms with Crippen LogP contribution in [0.3, 0.4) is 0 Å². The number of amides is 4. The molecule has 2 aromatic carbocycles. The maximum Gasteiger partial charge on any atom is 0.325 e. The summed E-state index contributed by atoms with van der Waals surface area (Å²) in [6.45, 7) is 0.956. The van der Waals surface area contributed by atoms with Gasteiger partial charge in [-0.15, -0.1) is 11.3 Å². The number of aromatic nitrogens is 1. The highest BCUT2D eigenvalue weighted by molar-refractivity contribution is 7.14. The topological polar surface area (TPSA) is 91.4 Å². The first-order valence-corrected chi connectivity index (χ1v) is 10.5. The number of anilines is 1. The second kappa shape index (κ2) is 8.29. The lowest BCUT2D eigenvalue weighted by molar-refractivity contribution is -0.133. The summed E-state index contributed by atoms with van der Waals surface area (Å²) in [5, 5.41) is 6.92. The number of imide groups is 1. The van der Waals surface area contributed by atoms with Crippen LogP contribution in [-0.2, 0) is 15.1 Å². The summed E-state index contributed by atoms with van der Waals surface area (Å²) in [5.41, 5.74) is 0.0208. The molecule has 2 N–H and O–H groups in total. The minimum atomic E-state index is -1.42. The van der Waals surface area contributed by atoms with Gasteiger partial charge in [0.15, 0.2) is 5.13 Å². The molecule has 32 heavy (non-hydrogen) atoms. The van der Waals surface area contributed by atoms with Crippen LogP contribution >= 0.6 is 22.9 Å². The largest absolute Gasteiger partial charge is 0.325 e. The number of halogens is 3. The zero-order chi connectivity index (χ0) is 23.0. The van der Waals surface area contributed by atoms with Crippen LogP contribution in [-0.4, -0.2) is 34.3 Å². The van der Waals surface area contributed by atoms with Gasteiger partial charge < -0.3 is 10.6 Å². The molecule has 2 heterocycles. The smallest absolute Gasteiger partial charge is 0.319 e. The van der Waals surface area contributed by atoms with Crippen LogP contribution in [0.25, 0.3) is 11.3 Å². The summed E-state index contributed by atoms with van der Waals surface area (Å²) >= 11 is 6.91. The number of nitrogens with one attached hydrogen (secondary N) is 2. The van der Waals surface area contributed by atoms with Crippen molar-refractivity contribution < 1.29 is 23.2 Å². The summed E-state index contributed by atoms with van der Waals surface area (Å²) in [5.74, 6) is -2.30. The quantitative estimate of drug-likeness (QED) is 0.541. The van der Waals surface area contributed by atoms with E-state index in [4.69, 9.17) is 11.6 Å². The minimum absolute atomic E-state index is 0.0520. The van der Waals surface area contributed by atoms with E-state index in [1.165, 1.54) is 49.4 Å². The summed E-state index contributed by atoms with van der Waals surface area (Å²) in [7, 11) is 0. The van der Waals surface area contributed by atoms with Gasteiger partial charge in [0.1, 0.15) is 23.7 Å². The molecular weight excluding hydrogens is 462 g/mol. The number of carbonyl (C=O) groups excluding carboxylic acids is 3. The zero-order valence-corrected chi connectivity index (χ0v) is 18.1. The number of hydrogen-bond donors (Lipinski definition) is 2. The van der Waals surface area contributed by atoms with Gasteiger partial charge in [-0.3, -0.25) is 14.5 Å². The molecule has 1 aliphatic heterocycles. The van der Waals surface area contributed by atoms with E-state index in [-0.39, 0.29) is 10.2 Å². The van der Waals surface area contributed by atoms with E-state index < -0.39 is 41.6 Å². The molecule has 0 saturated carbocycles. The van der Waals surface area contributed by atoms with Crippen LogP contribution in [0.4, 0.5) is 18.7 Å². The van der Waals surface area contributed by atoms with Crippen molar-refractivity contribution >= 4 is 45.9 Å². The maximum absolute atomic E-state index is 13.3. The fraction of sp³-hybridized carbons (Fsp3) is 0.143. The summed E-state index contributed by atoms with van der Waals surface area (Å²) in [6.07, 6.45) is 0. The van der Waals surface area contributed by atoms with Crippen LogP contribution in [0, 0.1) is 11.6 Å². The molecule has 1 aromatic heterocycles. The Morgan fingerprint density at radius 2 is 1.94 bits per heavy atom. The fourth-order valence-electron chi connectivity index (χ4n) is 3.24. The number of nitrogens with zero attached hydrogens (tertiary/aromatic N) is 2. The SMILES string of the molecule is CC1(c2ccc(F)cc2)NC(=O)N(CC(=O)Nc2nc(-c3ccc(F)c(Cl)c3)cs2)C1=O. The average molecular weight is 477 g/mol. The lowest BCUT2D eigenvalue weighted by Gasteiger charge is -2.22. The summed E-state index contributed by atoms with van der Waals surface area (Å²) < 4.78 is 26.6. The number of rotatable bonds is 5. The van der Waals surface area contributed by atoms with Crippen molar-refractivity contribution in [1.29, 1.82) is 0 Å². The molecule has 11 heteroatoms. The maximum atomic E-state index is 13.3. The van der Waals surface area contributed by atoms with Crippen LogP contribution < -0.4 is 10.6 Å². The van der Waals surface area contributed by atoms with E-state index in [0.717, 1.165) is 16.2 Å². The van der Waals surface area contributed by atoms with E-state index in [1.54, 1.807) is 5.38 Å². The lowest BCUT2D eigenvalue weighted by atomic mass is 9.92. The second-order valence-corrected chi connectivity index (χ2v) is 8.43. The van der Waals surface area contributed by atoms with Gasteiger partial charge in [-0.2, -0.15) is 0 Å². The van der Waals surface area contributed by atoms with Crippen LogP contribution in [0.15, 0.2) is 47.8 Å². The Balaban J connectivity index is 1.45. The molecular formula is C21H15ClF2N4O3S. The molecule has 4 amide bonds. The molecule has 0 spiro atoms. The highest BCUT2D eigenvalue weighted by atomic mass is 35.5. The second-order valence-electron chi connectivity index (χ2n) is 7.17. The van der Waals surface area contributed by atoms with Crippen molar-refractivity contribution in [1.82, 2.24) is 15.2 Å². The van der Waals surface area contributed by atoms with Crippen LogP contribution in [0.5, 0.6) is 0 Å². The average Bonchev–Trinajstić information content (AvgIpc) is 3.29. The van der Waals surface area contributed by atoms with Gasteiger partial charge >= 0.3 is 6.03 Å². The van der Waals surface area contributed by atoms with Gasteiger partial charge in [-0.1, -0.05) is 23.7 Å². The van der Waals surface area contributed by atoms with E-state index >= 15 is 0 Å². The van der Waals surface area contributed by atoms with Gasteiger partial charge in [0.2, 0.25) is 5.91 Å². The van der Waals surface area contributed by atoms with Crippen LogP contribution in [0.1, 0.15) is 12.5 Å². The Bertz CT molecular complexity index is 1230. The Morgan fingerprint density at radius 1 is 1.22 bits per heavy atom. The Kier molecular flexibility index (Phi) is 5.66. The van der Waals surface area contributed by atoms with Crippen molar-refractivity contribution in [2.45, 2.75) is 12.5 Å². The molecule has 1 unspecified atom stereocenters. The Labute approximate surface area is 190 Å². The van der Waals surface area contributed by atoms with Gasteiger partial charge in [0.25, 0.3) is 5.91 Å². The van der Waals surface area contributed by atoms with Gasteiger partial charge in [0.05, 0.1) is 10.7 Å². The minimum Gasteiger partial charge on any atom is -0.319 e. The van der Waals surface area contributed by atoms with Gasteiger partial charge in [0, 0.05) is 10.9 Å². The number of carbonyl (C=O) groups is 3. The first kappa shape index (κ1) is 21.8. The molecule has 1 aliphatic rings. The molecule has 0 aliphatic carbocycles. The molecule has 3 aromatic rings. The normalized spacial score (nSPS) is 18.1. The van der Waals surface area contributed by atoms with Crippen LogP contribution in [0.2, 0.25) is 5.02 Å². The van der Waals surface area contributed by atoms with Crippen molar-refractivity contribution in [3.63, 3.8) is 0 Å². The van der Waals surface area contributed by atoms with E-state index in [9.17, 15) is 23.2 Å². The highest BCUT2D eigenvalue weighted by Gasteiger charge is 2.49. The standard InChI is InChI=1S/C21H15ClF2N4O3S/c1-21(12-3-5-13(23)6-4-12)18(30)28(20(31)27-21)9-17(29)26-19-25-16(10-32-19)11-2-7-15(24)14(22)8-11/h2-8,10H,9H2,1H3,(H,27,31)(H,25,26,29). The van der Waals surface area contributed by atoms with E-state index in [2.05, 4.69) is 15.6 Å². The molecule has 1 saturated heterocycles. The third kappa shape index (κ3) is 4.06. The van der Waals surface area contributed by atoms with E-state index in [1.807, 2.05) is 0 Å². The Hall–Kier alpha value is -3.37. The van der Waals surface area contributed by atoms with Crippen molar-refractivity contribution in [3.05, 3.63) is 70.1 Å². The van der Waals surface area contributed by atoms with Gasteiger partial charge in [-0.05, 0) is 42.8 Å². The number of benzene rings is 2. The molecule has 1 fully saturated rings. The Morgan fingerprint density at radius 3 is 2.62 bits per heavy atom. The van der Waals surface area contributed by atoms with Crippen molar-refractivity contribution in [2.24, 2.45) is 0 Å². The van der Waals surface area contributed by atoms with E-state index in [0.29, 0.717) is 16.8 Å². The first-order chi connectivity index (χ1) is 15.2. The predicted molar refractivity (Wildman–Crippen MR) is 115 cm³/mol. The number of hydrogen-bond acceptors (Lipinski definition) is 5. The van der Waals surface area contributed by atoms with Crippen molar-refractivity contribution in [2.75, 3.05) is 11.9 Å². The first-order valence-electron chi connectivity index (χ1n) is 9.28. The monoisotopic (exact) mass is 476 g/mol. The highest BCUT2D eigenvalue weighted by Crippen LogP contribution is 2.30. The molecule has 1 atom stereocenters. The number of thiazole rings is 1. The molecule has 7 nitrogen and oxygen atoms in total. The molecule has 0 radical (unpaired) electrons. The zero-order valence-electron chi connectivity index (χ0n) is 16.5. The third-order valence-corrected chi connectivity index (χ3v) is 6.01. The summed E-state index contributed by atoms with van der Waals surface area (Å²) in [4.78, 5) is 42.7. The fourth-order valence-corrected chi connectivity index (χ4v) is 4.16. The predicted octanol–water partition coefficient (Wildman–Crippen LogP) is 4.15. The van der Waals surface area contributed by atoms with Crippen molar-refractivity contribution in [3.8, 4) is 11.3 Å². The molecule has 164 valence electrons. The van der Waals surface area contributed by atoms with Gasteiger partial charge in [-0.25, -0.2) is 18.6 Å². The molecule has 4 rings (SSSR count). The molecule has 0 bridgehead atoms. The summed E-state index contributed by atoms with van der Waals surface area (Å²) in [6, 6.07) is 8.56. The lowest BCUT2D eigenvalue weighted by Crippen LogP contribution is -2.42. The number of urea groups is 1.